The molecule has 0 radical (unpaired) electrons. The van der Waals surface area contributed by atoms with Gasteiger partial charge in [0, 0.05) is 11.4 Å². The van der Waals surface area contributed by atoms with Gasteiger partial charge in [0.1, 0.15) is 4.83 Å². The van der Waals surface area contributed by atoms with Gasteiger partial charge >= 0.3 is 0 Å². The summed E-state index contributed by atoms with van der Waals surface area (Å²) in [5.74, 6) is 0.0351. The normalized spacial score (nSPS) is 17.4. The number of carbonyl (C=O) groups is 1. The summed E-state index contributed by atoms with van der Waals surface area (Å²) in [5.41, 5.74) is 3.94. The molecule has 0 spiro atoms. The van der Waals surface area contributed by atoms with Crippen LogP contribution in [0.15, 0.2) is 28.2 Å². The lowest BCUT2D eigenvalue weighted by atomic mass is 10.1. The van der Waals surface area contributed by atoms with Crippen molar-refractivity contribution in [3.63, 3.8) is 0 Å². The molecule has 1 aromatic carbocycles. The number of benzene rings is 1. The van der Waals surface area contributed by atoms with E-state index in [4.69, 9.17) is 4.98 Å². The molecule has 29 heavy (non-hydrogen) atoms. The minimum atomic E-state index is -0.236. The summed E-state index contributed by atoms with van der Waals surface area (Å²) in [6, 6.07) is 5.97. The largest absolute Gasteiger partial charge is 0.355 e. The molecular weight excluding hydrogens is 402 g/mol. The van der Waals surface area contributed by atoms with E-state index in [1.165, 1.54) is 11.8 Å². The minimum Gasteiger partial charge on any atom is -0.355 e. The first-order chi connectivity index (χ1) is 13.9. The number of hydrogen-bond donors (Lipinski definition) is 1. The Morgan fingerprint density at radius 3 is 2.72 bits per heavy atom. The molecule has 2 aromatic heterocycles. The van der Waals surface area contributed by atoms with E-state index in [9.17, 15) is 9.59 Å². The van der Waals surface area contributed by atoms with Crippen molar-refractivity contribution >= 4 is 39.2 Å². The lowest BCUT2D eigenvalue weighted by Crippen LogP contribution is -2.31. The first kappa shape index (κ1) is 20.2. The van der Waals surface area contributed by atoms with Crippen molar-refractivity contribution in [2.75, 3.05) is 6.54 Å². The lowest BCUT2D eigenvalue weighted by molar-refractivity contribution is -0.120. The summed E-state index contributed by atoms with van der Waals surface area (Å²) in [5, 5.41) is 4.03. The van der Waals surface area contributed by atoms with E-state index in [0.717, 1.165) is 57.9 Å². The smallest absolute Gasteiger partial charge is 0.267 e. The summed E-state index contributed by atoms with van der Waals surface area (Å²) in [7, 11) is 0. The lowest BCUT2D eigenvalue weighted by Gasteiger charge is -2.18. The second-order valence-corrected chi connectivity index (χ2v) is 9.98. The third-order valence-corrected chi connectivity index (χ3v) is 8.04. The molecule has 152 valence electrons. The van der Waals surface area contributed by atoms with Gasteiger partial charge in [-0.1, -0.05) is 30.3 Å². The zero-order valence-corrected chi connectivity index (χ0v) is 18.8. The Hall–Kier alpha value is -2.12. The number of thioether (sulfide) groups is 1. The van der Waals surface area contributed by atoms with Crippen molar-refractivity contribution in [2.45, 2.75) is 57.4 Å². The summed E-state index contributed by atoms with van der Waals surface area (Å²) in [4.78, 5) is 32.9. The van der Waals surface area contributed by atoms with Crippen molar-refractivity contribution in [1.29, 1.82) is 0 Å². The zero-order valence-electron chi connectivity index (χ0n) is 17.2. The van der Waals surface area contributed by atoms with Crippen molar-refractivity contribution < 1.29 is 4.79 Å². The molecule has 1 unspecified atom stereocenters. The molecular formula is C22H25N3O2S2. The maximum atomic E-state index is 13.7. The Morgan fingerprint density at radius 1 is 1.14 bits per heavy atom. The predicted octanol–water partition coefficient (Wildman–Crippen LogP) is 4.44. The van der Waals surface area contributed by atoms with Crippen LogP contribution in [-0.4, -0.2) is 27.3 Å². The molecule has 0 bridgehead atoms. The number of aryl methyl sites for hydroxylation is 3. The summed E-state index contributed by atoms with van der Waals surface area (Å²) < 4.78 is 1.71. The molecule has 5 nitrogen and oxygen atoms in total. The molecule has 3 aromatic rings. The summed E-state index contributed by atoms with van der Waals surface area (Å²) in [6.07, 6.45) is 2.77. The van der Waals surface area contributed by atoms with Crippen molar-refractivity contribution in [2.24, 2.45) is 0 Å². The Bertz CT molecular complexity index is 1160. The summed E-state index contributed by atoms with van der Waals surface area (Å²) >= 11 is 2.96. The number of carbonyl (C=O) groups excluding carboxylic acids is 1. The first-order valence-electron chi connectivity index (χ1n) is 9.92. The van der Waals surface area contributed by atoms with Crippen LogP contribution in [0.2, 0.25) is 0 Å². The molecule has 3 heterocycles. The second-order valence-electron chi connectivity index (χ2n) is 7.61. The van der Waals surface area contributed by atoms with Gasteiger partial charge in [-0.2, -0.15) is 0 Å². The number of fused-ring (bicyclic) bond motifs is 1. The number of aromatic nitrogens is 2. The quantitative estimate of drug-likeness (QED) is 0.628. The van der Waals surface area contributed by atoms with E-state index in [-0.39, 0.29) is 16.7 Å². The van der Waals surface area contributed by atoms with E-state index in [1.807, 2.05) is 45.9 Å². The maximum Gasteiger partial charge on any atom is 0.267 e. The van der Waals surface area contributed by atoms with Gasteiger partial charge in [0.2, 0.25) is 5.91 Å². The van der Waals surface area contributed by atoms with E-state index < -0.39 is 0 Å². The van der Waals surface area contributed by atoms with Gasteiger partial charge in [-0.05, 0) is 63.3 Å². The standard InChI is InChI=1S/C22H25N3O2S2/c1-12-8-7-9-16(13(12)2)25-21(27)18-14(3)15(4)28-20(18)24-22(25)29-17-10-5-6-11-23-19(17)26/h7-9,17H,5-6,10-11H2,1-4H3,(H,23,26). The highest BCUT2D eigenvalue weighted by molar-refractivity contribution is 8.00. The van der Waals surface area contributed by atoms with E-state index >= 15 is 0 Å². The van der Waals surface area contributed by atoms with Crippen LogP contribution in [0.4, 0.5) is 0 Å². The fourth-order valence-electron chi connectivity index (χ4n) is 3.70. The van der Waals surface area contributed by atoms with E-state index in [2.05, 4.69) is 5.32 Å². The molecule has 7 heteroatoms. The van der Waals surface area contributed by atoms with Gasteiger partial charge in [0.25, 0.3) is 5.56 Å². The Kier molecular flexibility index (Phi) is 5.53. The average molecular weight is 428 g/mol. The van der Waals surface area contributed by atoms with Crippen LogP contribution in [0, 0.1) is 27.7 Å². The number of amides is 1. The van der Waals surface area contributed by atoms with Crippen molar-refractivity contribution in [3.05, 3.63) is 50.1 Å². The monoisotopic (exact) mass is 427 g/mol. The number of hydrogen-bond acceptors (Lipinski definition) is 5. The number of nitrogens with zero attached hydrogens (tertiary/aromatic N) is 2. The van der Waals surface area contributed by atoms with Crippen LogP contribution in [0.25, 0.3) is 15.9 Å². The minimum absolute atomic E-state index is 0.0351. The molecule has 1 aliphatic heterocycles. The first-order valence-corrected chi connectivity index (χ1v) is 11.6. The fraction of sp³-hybridized carbons (Fsp3) is 0.409. The molecule has 0 aliphatic carbocycles. The number of rotatable bonds is 3. The van der Waals surface area contributed by atoms with Gasteiger partial charge in [-0.3, -0.25) is 14.2 Å². The highest BCUT2D eigenvalue weighted by Crippen LogP contribution is 2.33. The van der Waals surface area contributed by atoms with Crippen LogP contribution < -0.4 is 10.9 Å². The SMILES string of the molecule is Cc1cccc(-n2c(SC3CCCCNC3=O)nc3sc(C)c(C)c3c2=O)c1C. The van der Waals surface area contributed by atoms with Gasteiger partial charge < -0.3 is 5.32 Å². The van der Waals surface area contributed by atoms with Gasteiger partial charge in [-0.15, -0.1) is 11.3 Å². The Morgan fingerprint density at radius 2 is 1.93 bits per heavy atom. The zero-order chi connectivity index (χ0) is 20.7. The van der Waals surface area contributed by atoms with Crippen LogP contribution in [0.1, 0.15) is 40.8 Å². The maximum absolute atomic E-state index is 13.7. The Labute approximate surface area is 178 Å². The highest BCUT2D eigenvalue weighted by Gasteiger charge is 2.26. The van der Waals surface area contributed by atoms with Crippen LogP contribution in [-0.2, 0) is 4.79 Å². The Balaban J connectivity index is 1.96. The number of nitrogens with one attached hydrogen (secondary N) is 1. The third kappa shape index (κ3) is 3.62. The molecule has 1 atom stereocenters. The topological polar surface area (TPSA) is 64.0 Å². The van der Waals surface area contributed by atoms with Gasteiger partial charge in [-0.25, -0.2) is 4.98 Å². The average Bonchev–Trinajstić information content (AvgIpc) is 2.83. The molecule has 4 rings (SSSR count). The van der Waals surface area contributed by atoms with Crippen LogP contribution >= 0.6 is 23.1 Å². The number of thiophene rings is 1. The highest BCUT2D eigenvalue weighted by atomic mass is 32.2. The predicted molar refractivity (Wildman–Crippen MR) is 121 cm³/mol. The molecule has 1 amide bonds. The molecule has 1 N–H and O–H groups in total. The molecule has 1 saturated heterocycles. The summed E-state index contributed by atoms with van der Waals surface area (Å²) in [6.45, 7) is 8.79. The van der Waals surface area contributed by atoms with Crippen LogP contribution in [0.3, 0.4) is 0 Å². The molecule has 1 fully saturated rings. The van der Waals surface area contributed by atoms with Crippen LogP contribution in [0.5, 0.6) is 0 Å². The molecule has 1 aliphatic rings. The molecule has 0 saturated carbocycles. The van der Waals surface area contributed by atoms with E-state index in [1.54, 1.807) is 15.9 Å². The van der Waals surface area contributed by atoms with Gasteiger partial charge in [0.05, 0.1) is 16.3 Å². The van der Waals surface area contributed by atoms with Gasteiger partial charge in [0.15, 0.2) is 5.16 Å². The fourth-order valence-corrected chi connectivity index (χ4v) is 5.93. The van der Waals surface area contributed by atoms with Crippen molar-refractivity contribution in [1.82, 2.24) is 14.9 Å². The van der Waals surface area contributed by atoms with Crippen molar-refractivity contribution in [3.8, 4) is 5.69 Å². The second kappa shape index (κ2) is 7.95. The van der Waals surface area contributed by atoms with E-state index in [0.29, 0.717) is 10.5 Å². The third-order valence-electron chi connectivity index (χ3n) is 5.72.